The molecule has 5 nitrogen and oxygen atoms in total. The molecule has 1 aromatic heterocycles. The van der Waals surface area contributed by atoms with Gasteiger partial charge in [0.25, 0.3) is 0 Å². The van der Waals surface area contributed by atoms with Gasteiger partial charge in [0.1, 0.15) is 0 Å². The zero-order valence-corrected chi connectivity index (χ0v) is 17.0. The fourth-order valence-electron chi connectivity index (χ4n) is 2.82. The zero-order valence-electron chi connectivity index (χ0n) is 17.0. The molecule has 0 aliphatic heterocycles. The number of nitrogens with zero attached hydrogens (tertiary/aromatic N) is 2. The molecule has 1 amide bonds. The van der Waals surface area contributed by atoms with Crippen LogP contribution in [-0.2, 0) is 20.9 Å². The van der Waals surface area contributed by atoms with E-state index in [9.17, 15) is 9.59 Å². The van der Waals surface area contributed by atoms with Crippen molar-refractivity contribution >= 4 is 18.0 Å². The van der Waals surface area contributed by atoms with Crippen LogP contribution in [0.4, 0.5) is 0 Å². The molecule has 2 rings (SSSR count). The summed E-state index contributed by atoms with van der Waals surface area (Å²) in [6.07, 6.45) is 6.75. The first kappa shape index (κ1) is 21.4. The number of carbonyl (C=O) groups excluding carboxylic acids is 2. The number of ether oxygens (including phenoxy) is 1. The number of hydrogen-bond donors (Lipinski definition) is 0. The molecule has 0 bridgehead atoms. The molecule has 1 heterocycles. The van der Waals surface area contributed by atoms with Crippen LogP contribution in [0.25, 0.3) is 6.08 Å². The Morgan fingerprint density at radius 2 is 1.86 bits per heavy atom. The van der Waals surface area contributed by atoms with Crippen LogP contribution in [0.15, 0.2) is 54.9 Å². The van der Waals surface area contributed by atoms with E-state index >= 15 is 0 Å². The second kappa shape index (κ2) is 10.4. The van der Waals surface area contributed by atoms with Crippen LogP contribution < -0.4 is 0 Å². The highest BCUT2D eigenvalue weighted by Crippen LogP contribution is 2.16. The van der Waals surface area contributed by atoms with Gasteiger partial charge in [0.2, 0.25) is 5.91 Å². The molecule has 0 saturated heterocycles. The highest BCUT2D eigenvalue weighted by atomic mass is 16.5. The van der Waals surface area contributed by atoms with Gasteiger partial charge in [-0.25, -0.2) is 0 Å². The van der Waals surface area contributed by atoms with E-state index in [4.69, 9.17) is 4.74 Å². The van der Waals surface area contributed by atoms with Gasteiger partial charge in [-0.05, 0) is 34.8 Å². The van der Waals surface area contributed by atoms with Gasteiger partial charge < -0.3 is 9.64 Å². The number of methoxy groups -OCH3 is 1. The van der Waals surface area contributed by atoms with E-state index in [0.717, 1.165) is 11.1 Å². The molecule has 0 radical (unpaired) electrons. The van der Waals surface area contributed by atoms with Gasteiger partial charge in [-0.2, -0.15) is 0 Å². The van der Waals surface area contributed by atoms with Crippen molar-refractivity contribution < 1.29 is 14.3 Å². The predicted molar refractivity (Wildman–Crippen MR) is 110 cm³/mol. The average Bonchev–Trinajstić information content (AvgIpc) is 2.71. The molecule has 1 unspecified atom stereocenters. The van der Waals surface area contributed by atoms with Crippen molar-refractivity contribution in [3.05, 3.63) is 71.6 Å². The Balaban J connectivity index is 2.13. The van der Waals surface area contributed by atoms with Gasteiger partial charge in [-0.1, -0.05) is 51.1 Å². The second-order valence-electron chi connectivity index (χ2n) is 7.16. The molecule has 0 spiro atoms. The van der Waals surface area contributed by atoms with Crippen molar-refractivity contribution in [2.24, 2.45) is 5.92 Å². The Morgan fingerprint density at radius 3 is 2.43 bits per heavy atom. The van der Waals surface area contributed by atoms with E-state index in [1.54, 1.807) is 36.4 Å². The van der Waals surface area contributed by atoms with Crippen molar-refractivity contribution in [1.82, 2.24) is 9.88 Å². The van der Waals surface area contributed by atoms with Crippen LogP contribution in [0, 0.1) is 5.92 Å². The highest BCUT2D eigenvalue weighted by molar-refractivity contribution is 5.92. The molecule has 1 aromatic carbocycles. The Labute approximate surface area is 167 Å². The molecular weight excluding hydrogens is 352 g/mol. The maximum absolute atomic E-state index is 12.8. The van der Waals surface area contributed by atoms with Crippen molar-refractivity contribution in [3.8, 4) is 0 Å². The molecule has 0 aliphatic rings. The van der Waals surface area contributed by atoms with Crippen LogP contribution in [0.2, 0.25) is 0 Å². The largest absolute Gasteiger partial charge is 0.469 e. The summed E-state index contributed by atoms with van der Waals surface area (Å²) in [7, 11) is 1.35. The zero-order chi connectivity index (χ0) is 20.5. The van der Waals surface area contributed by atoms with E-state index in [1.807, 2.05) is 24.3 Å². The van der Waals surface area contributed by atoms with E-state index < -0.39 is 5.92 Å². The molecule has 28 heavy (non-hydrogen) atoms. The fourth-order valence-corrected chi connectivity index (χ4v) is 2.82. The van der Waals surface area contributed by atoms with Crippen LogP contribution in [0.1, 0.15) is 43.4 Å². The molecular formula is C23H28N2O3. The molecule has 1 atom stereocenters. The normalized spacial score (nSPS) is 12.2. The lowest BCUT2D eigenvalue weighted by molar-refractivity contribution is -0.146. The van der Waals surface area contributed by atoms with Gasteiger partial charge >= 0.3 is 5.97 Å². The van der Waals surface area contributed by atoms with Crippen molar-refractivity contribution in [3.63, 3.8) is 0 Å². The summed E-state index contributed by atoms with van der Waals surface area (Å²) in [6.45, 7) is 6.70. The number of rotatable bonds is 8. The first-order valence-electron chi connectivity index (χ1n) is 9.44. The summed E-state index contributed by atoms with van der Waals surface area (Å²) < 4.78 is 4.80. The van der Waals surface area contributed by atoms with E-state index in [-0.39, 0.29) is 18.4 Å². The number of benzene rings is 1. The highest BCUT2D eigenvalue weighted by Gasteiger charge is 2.20. The fraction of sp³-hybridized carbons (Fsp3) is 0.348. The van der Waals surface area contributed by atoms with E-state index in [1.165, 1.54) is 12.7 Å². The molecule has 0 fully saturated rings. The summed E-state index contributed by atoms with van der Waals surface area (Å²) in [5, 5.41) is 0. The molecule has 2 aromatic rings. The van der Waals surface area contributed by atoms with Gasteiger partial charge in [-0.3, -0.25) is 14.6 Å². The van der Waals surface area contributed by atoms with Crippen LogP contribution >= 0.6 is 0 Å². The van der Waals surface area contributed by atoms with E-state index in [0.29, 0.717) is 12.5 Å². The minimum Gasteiger partial charge on any atom is -0.469 e. The maximum atomic E-state index is 12.8. The summed E-state index contributed by atoms with van der Waals surface area (Å²) in [5.74, 6) is -0.441. The molecule has 148 valence electrons. The van der Waals surface area contributed by atoms with Gasteiger partial charge in [0.05, 0.1) is 13.0 Å². The topological polar surface area (TPSA) is 59.5 Å². The third-order valence-corrected chi connectivity index (χ3v) is 4.53. The monoisotopic (exact) mass is 380 g/mol. The third-order valence-electron chi connectivity index (χ3n) is 4.53. The Bertz CT molecular complexity index is 798. The molecule has 5 heteroatoms. The molecule has 0 aliphatic carbocycles. The van der Waals surface area contributed by atoms with Crippen molar-refractivity contribution in [2.75, 3.05) is 13.7 Å². The summed E-state index contributed by atoms with van der Waals surface area (Å²) in [5.41, 5.74) is 3.12. The quantitative estimate of drug-likeness (QED) is 0.512. The third kappa shape index (κ3) is 6.34. The minimum atomic E-state index is -0.413. The smallest absolute Gasteiger partial charge is 0.310 e. The van der Waals surface area contributed by atoms with Crippen molar-refractivity contribution in [1.29, 1.82) is 0 Å². The maximum Gasteiger partial charge on any atom is 0.310 e. The Hall–Kier alpha value is -2.95. The lowest BCUT2D eigenvalue weighted by Gasteiger charge is -2.24. The lowest BCUT2D eigenvalue weighted by atomic mass is 10.0. The number of pyridine rings is 1. The number of esters is 1. The minimum absolute atomic E-state index is 0.160. The first-order valence-corrected chi connectivity index (χ1v) is 9.44. The summed E-state index contributed by atoms with van der Waals surface area (Å²) in [4.78, 5) is 30.3. The summed E-state index contributed by atoms with van der Waals surface area (Å²) >= 11 is 0. The number of amides is 1. The summed E-state index contributed by atoms with van der Waals surface area (Å²) in [6, 6.07) is 11.9. The number of aromatic nitrogens is 1. The number of hydrogen-bond acceptors (Lipinski definition) is 4. The molecule has 0 N–H and O–H groups in total. The van der Waals surface area contributed by atoms with Crippen LogP contribution in [-0.4, -0.2) is 35.4 Å². The SMILES string of the molecule is COC(=O)C(C)CN(Cc1cccnc1)C(=O)/C=C/c1ccc(C(C)C)cc1. The van der Waals surface area contributed by atoms with Crippen molar-refractivity contribution in [2.45, 2.75) is 33.2 Å². The second-order valence-corrected chi connectivity index (χ2v) is 7.16. The van der Waals surface area contributed by atoms with Gasteiger partial charge in [-0.15, -0.1) is 0 Å². The predicted octanol–water partition coefficient (Wildman–Crippen LogP) is 4.06. The van der Waals surface area contributed by atoms with Crippen LogP contribution in [0.3, 0.4) is 0 Å². The average molecular weight is 380 g/mol. The van der Waals surface area contributed by atoms with Gasteiger partial charge in [0, 0.05) is 31.6 Å². The Kier molecular flexibility index (Phi) is 7.93. The molecule has 0 saturated carbocycles. The van der Waals surface area contributed by atoms with Gasteiger partial charge in [0.15, 0.2) is 0 Å². The Morgan fingerprint density at radius 1 is 1.14 bits per heavy atom. The standard InChI is InChI=1S/C23H28N2O3/c1-17(2)21-10-7-19(8-11-21)9-12-22(26)25(15-18(3)23(27)28-4)16-20-6-5-13-24-14-20/h5-14,17-18H,15-16H2,1-4H3/b12-9+. The van der Waals surface area contributed by atoms with Crippen LogP contribution in [0.5, 0.6) is 0 Å². The first-order chi connectivity index (χ1) is 13.4. The van der Waals surface area contributed by atoms with E-state index in [2.05, 4.69) is 31.0 Å². The lowest BCUT2D eigenvalue weighted by Crippen LogP contribution is -2.35. The number of carbonyl (C=O) groups is 2.